The van der Waals surface area contributed by atoms with Crippen LogP contribution in [0.15, 0.2) is 42.5 Å². The summed E-state index contributed by atoms with van der Waals surface area (Å²) in [7, 11) is 0. The third-order valence-electron chi connectivity index (χ3n) is 3.62. The summed E-state index contributed by atoms with van der Waals surface area (Å²) in [5.41, 5.74) is 2.00. The minimum absolute atomic E-state index is 0. The highest BCUT2D eigenvalue weighted by molar-refractivity contribution is 6.35. The highest BCUT2D eigenvalue weighted by atomic mass is 35.5. The summed E-state index contributed by atoms with van der Waals surface area (Å²) in [4.78, 5) is 0. The van der Waals surface area contributed by atoms with E-state index in [1.807, 2.05) is 37.3 Å². The molecule has 0 spiro atoms. The van der Waals surface area contributed by atoms with Crippen LogP contribution in [0.1, 0.15) is 24.5 Å². The minimum Gasteiger partial charge on any atom is -0.489 e. The van der Waals surface area contributed by atoms with Gasteiger partial charge < -0.3 is 15.2 Å². The molecule has 1 atom stereocenters. The molecule has 0 heterocycles. The summed E-state index contributed by atoms with van der Waals surface area (Å²) < 4.78 is 5.81. The molecule has 0 radical (unpaired) electrons. The number of halogens is 3. The number of hydrogen-bond acceptors (Lipinski definition) is 3. The summed E-state index contributed by atoms with van der Waals surface area (Å²) >= 11 is 12.0. The predicted octanol–water partition coefficient (Wildman–Crippen LogP) is 4.85. The summed E-state index contributed by atoms with van der Waals surface area (Å²) in [5, 5.41) is 13.7. The van der Waals surface area contributed by atoms with Crippen LogP contribution in [-0.2, 0) is 13.2 Å². The quantitative estimate of drug-likeness (QED) is 0.676. The Kier molecular flexibility index (Phi) is 9.49. The molecule has 132 valence electrons. The van der Waals surface area contributed by atoms with Crippen molar-refractivity contribution in [2.45, 2.75) is 32.5 Å². The van der Waals surface area contributed by atoms with Crippen LogP contribution >= 0.6 is 35.6 Å². The zero-order valence-electron chi connectivity index (χ0n) is 13.5. The largest absolute Gasteiger partial charge is 0.489 e. The molecule has 0 aliphatic heterocycles. The van der Waals surface area contributed by atoms with Gasteiger partial charge in [0, 0.05) is 28.2 Å². The number of ether oxygens (including phenoxy) is 1. The fourth-order valence-corrected chi connectivity index (χ4v) is 2.61. The molecular formula is C18H22Cl3NO2. The lowest BCUT2D eigenvalue weighted by Crippen LogP contribution is -2.31. The summed E-state index contributed by atoms with van der Waals surface area (Å²) in [6.07, 6.45) is 0.891. The number of nitrogens with one attached hydrogen (secondary N) is 1. The molecule has 24 heavy (non-hydrogen) atoms. The Balaban J connectivity index is 0.00000288. The molecule has 0 aromatic heterocycles. The van der Waals surface area contributed by atoms with E-state index in [9.17, 15) is 5.11 Å². The van der Waals surface area contributed by atoms with Crippen molar-refractivity contribution in [3.05, 3.63) is 63.6 Å². The van der Waals surface area contributed by atoms with E-state index in [0.29, 0.717) is 23.2 Å². The van der Waals surface area contributed by atoms with Gasteiger partial charge in [-0.1, -0.05) is 48.3 Å². The van der Waals surface area contributed by atoms with E-state index in [-0.39, 0.29) is 25.1 Å². The fourth-order valence-electron chi connectivity index (χ4n) is 2.15. The van der Waals surface area contributed by atoms with Crippen molar-refractivity contribution in [1.82, 2.24) is 5.32 Å². The van der Waals surface area contributed by atoms with Crippen molar-refractivity contribution < 1.29 is 9.84 Å². The van der Waals surface area contributed by atoms with Crippen LogP contribution < -0.4 is 10.1 Å². The van der Waals surface area contributed by atoms with Gasteiger partial charge in [0.15, 0.2) is 0 Å². The van der Waals surface area contributed by atoms with Crippen molar-refractivity contribution in [3.63, 3.8) is 0 Å². The van der Waals surface area contributed by atoms with E-state index in [0.717, 1.165) is 23.3 Å². The van der Waals surface area contributed by atoms with Crippen molar-refractivity contribution in [2.24, 2.45) is 0 Å². The molecule has 0 aliphatic carbocycles. The second-order valence-corrected chi connectivity index (χ2v) is 6.18. The molecule has 0 saturated heterocycles. The van der Waals surface area contributed by atoms with E-state index in [1.165, 1.54) is 0 Å². The second-order valence-electron chi connectivity index (χ2n) is 5.34. The zero-order valence-corrected chi connectivity index (χ0v) is 15.8. The predicted molar refractivity (Wildman–Crippen MR) is 102 cm³/mol. The lowest BCUT2D eigenvalue weighted by atomic mass is 10.2. The van der Waals surface area contributed by atoms with E-state index < -0.39 is 0 Å². The van der Waals surface area contributed by atoms with Crippen LogP contribution in [0.3, 0.4) is 0 Å². The van der Waals surface area contributed by atoms with Crippen molar-refractivity contribution in [1.29, 1.82) is 0 Å². The van der Waals surface area contributed by atoms with Gasteiger partial charge in [-0.15, -0.1) is 12.4 Å². The van der Waals surface area contributed by atoms with Gasteiger partial charge in [-0.3, -0.25) is 0 Å². The molecule has 0 aliphatic rings. The Morgan fingerprint density at radius 2 is 1.96 bits per heavy atom. The summed E-state index contributed by atoms with van der Waals surface area (Å²) in [5.74, 6) is 0.785. The molecule has 2 aromatic carbocycles. The standard InChI is InChI=1S/C18H21Cl2NO2.ClH/c1-2-16(11-22)21-10-13-4-3-5-17(8-13)23-12-14-6-7-15(19)9-18(14)20;/h3-9,16,21-22H,2,10-12H2,1H3;1H. The first kappa shape index (κ1) is 21.1. The average molecular weight is 391 g/mol. The smallest absolute Gasteiger partial charge is 0.120 e. The molecule has 2 rings (SSSR count). The van der Waals surface area contributed by atoms with Crippen molar-refractivity contribution in [2.75, 3.05) is 6.61 Å². The normalized spacial score (nSPS) is 11.7. The van der Waals surface area contributed by atoms with Gasteiger partial charge >= 0.3 is 0 Å². The molecule has 2 aromatic rings. The van der Waals surface area contributed by atoms with Gasteiger partial charge in [-0.2, -0.15) is 0 Å². The summed E-state index contributed by atoms with van der Waals surface area (Å²) in [6.45, 7) is 3.27. The fraction of sp³-hybridized carbons (Fsp3) is 0.333. The Morgan fingerprint density at radius 3 is 2.62 bits per heavy atom. The highest BCUT2D eigenvalue weighted by Gasteiger charge is 2.05. The number of rotatable bonds is 8. The number of aliphatic hydroxyl groups is 1. The molecule has 0 amide bonds. The Morgan fingerprint density at radius 1 is 1.17 bits per heavy atom. The van der Waals surface area contributed by atoms with E-state index in [2.05, 4.69) is 5.32 Å². The maximum atomic E-state index is 9.21. The van der Waals surface area contributed by atoms with Crippen LogP contribution in [0.2, 0.25) is 10.0 Å². The van der Waals surface area contributed by atoms with Crippen LogP contribution in [0.4, 0.5) is 0 Å². The third kappa shape index (κ3) is 6.50. The molecule has 0 bridgehead atoms. The number of hydrogen-bond donors (Lipinski definition) is 2. The second kappa shape index (κ2) is 10.8. The first-order valence-electron chi connectivity index (χ1n) is 7.62. The minimum atomic E-state index is 0. The van der Waals surface area contributed by atoms with Crippen LogP contribution in [-0.4, -0.2) is 17.8 Å². The van der Waals surface area contributed by atoms with E-state index in [1.54, 1.807) is 12.1 Å². The Bertz CT molecular complexity index is 633. The molecule has 0 fully saturated rings. The topological polar surface area (TPSA) is 41.5 Å². The Labute approximate surface area is 159 Å². The maximum absolute atomic E-state index is 9.21. The molecule has 3 nitrogen and oxygen atoms in total. The van der Waals surface area contributed by atoms with Gasteiger partial charge in [0.05, 0.1) is 6.61 Å². The van der Waals surface area contributed by atoms with Crippen LogP contribution in [0, 0.1) is 0 Å². The molecule has 6 heteroatoms. The van der Waals surface area contributed by atoms with Crippen LogP contribution in [0.25, 0.3) is 0 Å². The lowest BCUT2D eigenvalue weighted by molar-refractivity contribution is 0.238. The molecule has 2 N–H and O–H groups in total. The lowest BCUT2D eigenvalue weighted by Gasteiger charge is -2.14. The molecule has 1 unspecified atom stereocenters. The SMILES string of the molecule is CCC(CO)NCc1cccc(OCc2ccc(Cl)cc2Cl)c1.Cl. The molecule has 0 saturated carbocycles. The Hall–Kier alpha value is -0.970. The van der Waals surface area contributed by atoms with Gasteiger partial charge in [0.25, 0.3) is 0 Å². The number of benzene rings is 2. The molecular weight excluding hydrogens is 369 g/mol. The van der Waals surface area contributed by atoms with Gasteiger partial charge in [-0.25, -0.2) is 0 Å². The third-order valence-corrected chi connectivity index (χ3v) is 4.20. The first-order chi connectivity index (χ1) is 11.1. The van der Waals surface area contributed by atoms with Gasteiger partial charge in [-0.05, 0) is 36.2 Å². The van der Waals surface area contributed by atoms with Crippen LogP contribution in [0.5, 0.6) is 5.75 Å². The highest BCUT2D eigenvalue weighted by Crippen LogP contribution is 2.23. The maximum Gasteiger partial charge on any atom is 0.120 e. The van der Waals surface area contributed by atoms with E-state index >= 15 is 0 Å². The van der Waals surface area contributed by atoms with E-state index in [4.69, 9.17) is 27.9 Å². The zero-order chi connectivity index (χ0) is 16.7. The summed E-state index contributed by atoms with van der Waals surface area (Å²) in [6, 6.07) is 13.4. The van der Waals surface area contributed by atoms with Crippen molar-refractivity contribution in [3.8, 4) is 5.75 Å². The van der Waals surface area contributed by atoms with Gasteiger partial charge in [0.2, 0.25) is 0 Å². The van der Waals surface area contributed by atoms with Crippen molar-refractivity contribution >= 4 is 35.6 Å². The monoisotopic (exact) mass is 389 g/mol. The average Bonchev–Trinajstić information content (AvgIpc) is 2.55. The van der Waals surface area contributed by atoms with Gasteiger partial charge in [0.1, 0.15) is 12.4 Å². The number of aliphatic hydroxyl groups excluding tert-OH is 1. The first-order valence-corrected chi connectivity index (χ1v) is 8.38.